The van der Waals surface area contributed by atoms with Crippen molar-refractivity contribution in [2.24, 2.45) is 5.73 Å². The number of aryl methyl sites for hydroxylation is 3. The Morgan fingerprint density at radius 2 is 1.89 bits per heavy atom. The molecule has 4 rings (SSSR count). The number of halogens is 1. The summed E-state index contributed by atoms with van der Waals surface area (Å²) in [7, 11) is 0. The second-order valence-electron chi connectivity index (χ2n) is 7.15. The van der Waals surface area contributed by atoms with E-state index in [0.29, 0.717) is 0 Å². The molecule has 4 aromatic rings. The van der Waals surface area contributed by atoms with Crippen LogP contribution in [0.3, 0.4) is 0 Å². The number of benzene rings is 2. The van der Waals surface area contributed by atoms with Crippen LogP contribution in [0.5, 0.6) is 0 Å². The quantitative estimate of drug-likeness (QED) is 0.385. The Morgan fingerprint density at radius 1 is 1.04 bits per heavy atom. The molecule has 2 aromatic heterocycles. The monoisotopic (exact) mass is 421 g/mol. The maximum atomic E-state index is 5.74. The van der Waals surface area contributed by atoms with E-state index in [-0.39, 0.29) is 0 Å². The van der Waals surface area contributed by atoms with Gasteiger partial charge in [0.15, 0.2) is 0 Å². The summed E-state index contributed by atoms with van der Waals surface area (Å²) >= 11 is 3.67. The van der Waals surface area contributed by atoms with Crippen LogP contribution < -0.4 is 5.73 Å². The molecule has 0 saturated heterocycles. The van der Waals surface area contributed by atoms with Crippen LogP contribution in [0.15, 0.2) is 47.1 Å². The van der Waals surface area contributed by atoms with E-state index in [0.717, 1.165) is 46.7 Å². The predicted octanol–water partition coefficient (Wildman–Crippen LogP) is 6.04. The molecule has 0 spiro atoms. The Hall–Kier alpha value is -2.17. The van der Waals surface area contributed by atoms with Gasteiger partial charge in [0.05, 0.1) is 11.2 Å². The molecule has 0 fully saturated rings. The number of nitrogens with one attached hydrogen (secondary N) is 1. The summed E-state index contributed by atoms with van der Waals surface area (Å²) in [6, 6.07) is 12.9. The minimum absolute atomic E-state index is 0.735. The van der Waals surface area contributed by atoms with E-state index in [4.69, 9.17) is 10.7 Å². The van der Waals surface area contributed by atoms with Gasteiger partial charge in [-0.1, -0.05) is 34.1 Å². The summed E-state index contributed by atoms with van der Waals surface area (Å²) in [5, 5.41) is 2.45. The molecule has 138 valence electrons. The lowest BCUT2D eigenvalue weighted by Gasteiger charge is -2.09. The zero-order chi connectivity index (χ0) is 19.0. The number of nitrogens with two attached hydrogens (primary N) is 1. The van der Waals surface area contributed by atoms with Crippen molar-refractivity contribution >= 4 is 37.7 Å². The minimum atomic E-state index is 0.735. The van der Waals surface area contributed by atoms with Crippen molar-refractivity contribution in [3.63, 3.8) is 0 Å². The molecule has 2 heterocycles. The van der Waals surface area contributed by atoms with Crippen LogP contribution in [0.1, 0.15) is 29.5 Å². The van der Waals surface area contributed by atoms with Gasteiger partial charge in [0.1, 0.15) is 0 Å². The molecule has 3 nitrogen and oxygen atoms in total. The fraction of sp³-hybridized carbons (Fsp3) is 0.261. The third-order valence-corrected chi connectivity index (χ3v) is 6.17. The molecule has 27 heavy (non-hydrogen) atoms. The topological polar surface area (TPSA) is 54.7 Å². The molecule has 2 aromatic carbocycles. The van der Waals surface area contributed by atoms with Crippen molar-refractivity contribution in [1.82, 2.24) is 9.97 Å². The first-order valence-electron chi connectivity index (χ1n) is 9.46. The number of H-pyrrole nitrogens is 1. The molecule has 0 aliphatic carbocycles. The van der Waals surface area contributed by atoms with Gasteiger partial charge in [0, 0.05) is 32.5 Å². The molecular formula is C23H24BrN3. The Labute approximate surface area is 168 Å². The van der Waals surface area contributed by atoms with Crippen molar-refractivity contribution in [2.75, 3.05) is 6.54 Å². The summed E-state index contributed by atoms with van der Waals surface area (Å²) in [6.07, 6.45) is 5.01. The zero-order valence-corrected chi connectivity index (χ0v) is 17.4. The Bertz CT molecular complexity index is 1130. The van der Waals surface area contributed by atoms with Gasteiger partial charge in [0.2, 0.25) is 0 Å². The lowest BCUT2D eigenvalue weighted by Crippen LogP contribution is -1.99. The molecule has 0 bridgehead atoms. The van der Waals surface area contributed by atoms with E-state index in [2.05, 4.69) is 65.1 Å². The molecule has 3 N–H and O–H groups in total. The van der Waals surface area contributed by atoms with Gasteiger partial charge in [0.25, 0.3) is 0 Å². The molecule has 0 amide bonds. The normalized spacial score (nSPS) is 11.6. The van der Waals surface area contributed by atoms with Crippen molar-refractivity contribution in [2.45, 2.75) is 33.1 Å². The molecular weight excluding hydrogens is 398 g/mol. The van der Waals surface area contributed by atoms with Crippen molar-refractivity contribution in [1.29, 1.82) is 0 Å². The molecule has 0 saturated carbocycles. The van der Waals surface area contributed by atoms with Crippen LogP contribution in [0.4, 0.5) is 0 Å². The molecule has 4 heteroatoms. The number of pyridine rings is 1. The predicted molar refractivity (Wildman–Crippen MR) is 118 cm³/mol. The Morgan fingerprint density at radius 3 is 2.70 bits per heavy atom. The van der Waals surface area contributed by atoms with E-state index in [1.165, 1.54) is 33.3 Å². The SMILES string of the molecule is Cc1ccc2c(CCCCN)c(-c3ccc(Br)c4cccnc34)[nH]c2c1C. The fourth-order valence-electron chi connectivity index (χ4n) is 3.84. The van der Waals surface area contributed by atoms with Gasteiger partial charge in [-0.3, -0.25) is 4.98 Å². The summed E-state index contributed by atoms with van der Waals surface area (Å²) in [4.78, 5) is 8.44. The molecule has 0 radical (unpaired) electrons. The van der Waals surface area contributed by atoms with Crippen LogP contribution in [-0.2, 0) is 6.42 Å². The molecule has 0 atom stereocenters. The van der Waals surface area contributed by atoms with Crippen molar-refractivity contribution in [3.8, 4) is 11.3 Å². The van der Waals surface area contributed by atoms with E-state index in [1.54, 1.807) is 0 Å². The van der Waals surface area contributed by atoms with Crippen LogP contribution in [0.2, 0.25) is 0 Å². The number of aromatic nitrogens is 2. The lowest BCUT2D eigenvalue weighted by atomic mass is 9.97. The third kappa shape index (κ3) is 3.17. The Kier molecular flexibility index (Phi) is 5.02. The van der Waals surface area contributed by atoms with E-state index < -0.39 is 0 Å². The average molecular weight is 422 g/mol. The smallest absolute Gasteiger partial charge is 0.0806 e. The van der Waals surface area contributed by atoms with Gasteiger partial charge >= 0.3 is 0 Å². The maximum Gasteiger partial charge on any atom is 0.0806 e. The summed E-state index contributed by atoms with van der Waals surface area (Å²) in [6.45, 7) is 5.10. The zero-order valence-electron chi connectivity index (χ0n) is 15.8. The van der Waals surface area contributed by atoms with Crippen LogP contribution in [0, 0.1) is 13.8 Å². The first-order valence-corrected chi connectivity index (χ1v) is 10.3. The number of aromatic amines is 1. The molecule has 0 unspecified atom stereocenters. The fourth-order valence-corrected chi connectivity index (χ4v) is 4.29. The highest BCUT2D eigenvalue weighted by atomic mass is 79.9. The second-order valence-corrected chi connectivity index (χ2v) is 8.00. The molecule has 0 aliphatic heterocycles. The van der Waals surface area contributed by atoms with Crippen LogP contribution in [0.25, 0.3) is 33.1 Å². The number of nitrogens with zero attached hydrogens (tertiary/aromatic N) is 1. The largest absolute Gasteiger partial charge is 0.354 e. The number of hydrogen-bond acceptors (Lipinski definition) is 2. The number of fused-ring (bicyclic) bond motifs is 2. The van der Waals surface area contributed by atoms with Gasteiger partial charge in [-0.05, 0) is 74.5 Å². The van der Waals surface area contributed by atoms with E-state index >= 15 is 0 Å². The van der Waals surface area contributed by atoms with Crippen LogP contribution >= 0.6 is 15.9 Å². The first-order chi connectivity index (χ1) is 13.1. The van der Waals surface area contributed by atoms with Crippen molar-refractivity contribution < 1.29 is 0 Å². The average Bonchev–Trinajstić information content (AvgIpc) is 3.05. The van der Waals surface area contributed by atoms with Gasteiger partial charge in [-0.15, -0.1) is 0 Å². The minimum Gasteiger partial charge on any atom is -0.354 e. The Balaban J connectivity index is 2.00. The van der Waals surface area contributed by atoms with Gasteiger partial charge < -0.3 is 10.7 Å². The summed E-state index contributed by atoms with van der Waals surface area (Å²) < 4.78 is 1.07. The van der Waals surface area contributed by atoms with Gasteiger partial charge in [-0.25, -0.2) is 0 Å². The van der Waals surface area contributed by atoms with E-state index in [1.807, 2.05) is 12.3 Å². The number of rotatable bonds is 5. The highest BCUT2D eigenvalue weighted by Gasteiger charge is 2.18. The lowest BCUT2D eigenvalue weighted by molar-refractivity contribution is 0.748. The van der Waals surface area contributed by atoms with Gasteiger partial charge in [-0.2, -0.15) is 0 Å². The molecule has 0 aliphatic rings. The van der Waals surface area contributed by atoms with Crippen LogP contribution in [-0.4, -0.2) is 16.5 Å². The number of hydrogen-bond donors (Lipinski definition) is 2. The summed E-state index contributed by atoms with van der Waals surface area (Å²) in [5.74, 6) is 0. The van der Waals surface area contributed by atoms with E-state index in [9.17, 15) is 0 Å². The standard InChI is InChI=1S/C23H24BrN3/c1-14-8-9-17-16(6-3-4-12-25)23(27-21(17)15(14)2)19-10-11-20(24)18-7-5-13-26-22(18)19/h5,7-11,13,27H,3-4,6,12,25H2,1-2H3. The summed E-state index contributed by atoms with van der Waals surface area (Å²) in [5.41, 5.74) is 14.3. The first kappa shape index (κ1) is 18.2. The maximum absolute atomic E-state index is 5.74. The number of unbranched alkanes of at least 4 members (excludes halogenated alkanes) is 1. The highest BCUT2D eigenvalue weighted by molar-refractivity contribution is 9.10. The third-order valence-electron chi connectivity index (χ3n) is 5.48. The highest BCUT2D eigenvalue weighted by Crippen LogP contribution is 2.38. The van der Waals surface area contributed by atoms with Crippen molar-refractivity contribution in [3.05, 3.63) is 63.8 Å². The second kappa shape index (κ2) is 7.45.